The second-order valence-corrected chi connectivity index (χ2v) is 4.21. The molecular weight excluding hydrogens is 233 g/mol. The van der Waals surface area contributed by atoms with Crippen LogP contribution in [0.1, 0.15) is 24.5 Å². The minimum Gasteiger partial charge on any atom is -0.395 e. The molecule has 1 aromatic rings. The zero-order valence-corrected chi connectivity index (χ0v) is 10.6. The molecule has 0 aliphatic carbocycles. The first-order valence-corrected chi connectivity index (χ1v) is 6.04. The molecule has 0 aromatic heterocycles. The molecule has 0 fully saturated rings. The second kappa shape index (κ2) is 7.08. The zero-order chi connectivity index (χ0) is 13.5. The number of nitrogens with zero attached hydrogens (tertiary/aromatic N) is 1. The highest BCUT2D eigenvalue weighted by Gasteiger charge is 2.11. The maximum absolute atomic E-state index is 13.1. The minimum absolute atomic E-state index is 0.0800. The van der Waals surface area contributed by atoms with Crippen molar-refractivity contribution in [2.24, 2.45) is 5.73 Å². The van der Waals surface area contributed by atoms with Crippen molar-refractivity contribution in [3.05, 3.63) is 35.1 Å². The van der Waals surface area contributed by atoms with Gasteiger partial charge in [-0.05, 0) is 30.7 Å². The normalized spacial score (nSPS) is 10.9. The Labute approximate surface area is 107 Å². The quantitative estimate of drug-likeness (QED) is 0.507. The Hall–Kier alpha value is -1.46. The number of aliphatic hydroxyl groups is 1. The Balaban J connectivity index is 2.90. The van der Waals surface area contributed by atoms with E-state index in [0.717, 1.165) is 18.5 Å². The maximum Gasteiger partial charge on any atom is 0.123 e. The van der Waals surface area contributed by atoms with Crippen LogP contribution in [0.4, 0.5) is 4.39 Å². The molecule has 0 amide bonds. The lowest BCUT2D eigenvalue weighted by molar-refractivity contribution is 0.190. The van der Waals surface area contributed by atoms with Crippen LogP contribution < -0.4 is 5.73 Å². The van der Waals surface area contributed by atoms with Gasteiger partial charge in [0.1, 0.15) is 11.7 Å². The topological polar surface area (TPSA) is 73.3 Å². The third kappa shape index (κ3) is 4.09. The van der Waals surface area contributed by atoms with Crippen LogP contribution in [0, 0.1) is 11.2 Å². The van der Waals surface area contributed by atoms with Crippen LogP contribution in [0.15, 0.2) is 18.2 Å². The fraction of sp³-hybridized carbons (Fsp3) is 0.462. The summed E-state index contributed by atoms with van der Waals surface area (Å²) in [4.78, 5) is 2.06. The van der Waals surface area contributed by atoms with Gasteiger partial charge >= 0.3 is 0 Å². The number of hydrogen-bond donors (Lipinski definition) is 3. The number of nitrogen functional groups attached to an aromatic ring is 1. The average molecular weight is 253 g/mol. The molecule has 4 N–H and O–H groups in total. The zero-order valence-electron chi connectivity index (χ0n) is 10.6. The lowest BCUT2D eigenvalue weighted by atomic mass is 10.1. The summed E-state index contributed by atoms with van der Waals surface area (Å²) < 4.78 is 13.1. The average Bonchev–Trinajstić information content (AvgIpc) is 2.32. The number of nitrogens with two attached hydrogens (primary N) is 1. The lowest BCUT2D eigenvalue weighted by Gasteiger charge is -2.22. The Kier molecular flexibility index (Phi) is 5.74. The third-order valence-corrected chi connectivity index (χ3v) is 2.71. The molecule has 4 nitrogen and oxygen atoms in total. The molecule has 0 heterocycles. The number of rotatable bonds is 7. The van der Waals surface area contributed by atoms with Crippen molar-refractivity contribution in [1.82, 2.24) is 4.90 Å². The molecule has 1 aromatic carbocycles. The molecule has 0 saturated carbocycles. The summed E-state index contributed by atoms with van der Waals surface area (Å²) >= 11 is 0. The van der Waals surface area contributed by atoms with E-state index in [0.29, 0.717) is 18.7 Å². The van der Waals surface area contributed by atoms with E-state index in [2.05, 4.69) is 11.8 Å². The van der Waals surface area contributed by atoms with Crippen molar-refractivity contribution < 1.29 is 9.50 Å². The van der Waals surface area contributed by atoms with Gasteiger partial charge in [0.05, 0.1) is 6.61 Å². The summed E-state index contributed by atoms with van der Waals surface area (Å²) in [5.74, 6) is -0.530. The molecule has 0 radical (unpaired) electrons. The number of amidine groups is 1. The van der Waals surface area contributed by atoms with E-state index in [4.69, 9.17) is 16.2 Å². The van der Waals surface area contributed by atoms with Gasteiger partial charge in [-0.15, -0.1) is 0 Å². The molecule has 0 bridgehead atoms. The van der Waals surface area contributed by atoms with Crippen molar-refractivity contribution in [3.8, 4) is 0 Å². The molecule has 0 spiro atoms. The van der Waals surface area contributed by atoms with Gasteiger partial charge < -0.3 is 10.8 Å². The molecule has 5 heteroatoms. The van der Waals surface area contributed by atoms with Gasteiger partial charge in [0.25, 0.3) is 0 Å². The van der Waals surface area contributed by atoms with Crippen molar-refractivity contribution in [2.45, 2.75) is 19.9 Å². The molecule has 0 unspecified atom stereocenters. The second-order valence-electron chi connectivity index (χ2n) is 4.21. The molecule has 100 valence electrons. The van der Waals surface area contributed by atoms with Crippen LogP contribution in [0.5, 0.6) is 0 Å². The van der Waals surface area contributed by atoms with Crippen LogP contribution >= 0.6 is 0 Å². The van der Waals surface area contributed by atoms with E-state index in [1.807, 2.05) is 0 Å². The molecule has 0 aliphatic heterocycles. The van der Waals surface area contributed by atoms with E-state index < -0.39 is 5.82 Å². The molecule has 18 heavy (non-hydrogen) atoms. The predicted molar refractivity (Wildman–Crippen MR) is 70.1 cm³/mol. The van der Waals surface area contributed by atoms with E-state index in [1.54, 1.807) is 6.07 Å². The standard InChI is InChI=1S/C13H20FN3O/c1-2-5-17(6-7-18)9-10-3-4-11(14)8-12(10)13(15)16/h3-4,8,18H,2,5-7,9H2,1H3,(H3,15,16). The highest BCUT2D eigenvalue weighted by molar-refractivity contribution is 5.96. The maximum atomic E-state index is 13.1. The van der Waals surface area contributed by atoms with Gasteiger partial charge in [-0.3, -0.25) is 10.3 Å². The van der Waals surface area contributed by atoms with Crippen LogP contribution in [-0.4, -0.2) is 35.5 Å². The molecule has 0 aliphatic rings. The first-order valence-electron chi connectivity index (χ1n) is 6.04. The highest BCUT2D eigenvalue weighted by Crippen LogP contribution is 2.13. The Morgan fingerprint density at radius 3 is 2.72 bits per heavy atom. The fourth-order valence-corrected chi connectivity index (χ4v) is 1.91. The Morgan fingerprint density at radius 1 is 1.44 bits per heavy atom. The summed E-state index contributed by atoms with van der Waals surface area (Å²) in [7, 11) is 0. The van der Waals surface area contributed by atoms with Gasteiger partial charge in [-0.1, -0.05) is 13.0 Å². The van der Waals surface area contributed by atoms with Gasteiger partial charge in [0, 0.05) is 18.7 Å². The number of aliphatic hydroxyl groups excluding tert-OH is 1. The fourth-order valence-electron chi connectivity index (χ4n) is 1.91. The van der Waals surface area contributed by atoms with E-state index in [1.165, 1.54) is 12.1 Å². The first-order chi connectivity index (χ1) is 8.58. The molecule has 0 atom stereocenters. The first kappa shape index (κ1) is 14.6. The molecule has 0 saturated heterocycles. The highest BCUT2D eigenvalue weighted by atomic mass is 19.1. The third-order valence-electron chi connectivity index (χ3n) is 2.71. The summed E-state index contributed by atoms with van der Waals surface area (Å²) in [6, 6.07) is 4.29. The summed E-state index contributed by atoms with van der Waals surface area (Å²) in [5, 5.41) is 16.5. The van der Waals surface area contributed by atoms with Crippen molar-refractivity contribution >= 4 is 5.84 Å². The summed E-state index contributed by atoms with van der Waals surface area (Å²) in [5.41, 5.74) is 6.69. The molecular formula is C13H20FN3O. The Morgan fingerprint density at radius 2 is 2.17 bits per heavy atom. The summed E-state index contributed by atoms with van der Waals surface area (Å²) in [6.45, 7) is 4.10. The van der Waals surface area contributed by atoms with E-state index in [-0.39, 0.29) is 12.4 Å². The molecule has 1 rings (SSSR count). The van der Waals surface area contributed by atoms with Gasteiger partial charge in [0.15, 0.2) is 0 Å². The van der Waals surface area contributed by atoms with Gasteiger partial charge in [-0.25, -0.2) is 4.39 Å². The van der Waals surface area contributed by atoms with Gasteiger partial charge in [0.2, 0.25) is 0 Å². The minimum atomic E-state index is -0.395. The van der Waals surface area contributed by atoms with E-state index in [9.17, 15) is 4.39 Å². The van der Waals surface area contributed by atoms with Crippen LogP contribution in [0.25, 0.3) is 0 Å². The van der Waals surface area contributed by atoms with Crippen molar-refractivity contribution in [3.63, 3.8) is 0 Å². The monoisotopic (exact) mass is 253 g/mol. The number of halogens is 1. The van der Waals surface area contributed by atoms with Crippen molar-refractivity contribution in [2.75, 3.05) is 19.7 Å². The van der Waals surface area contributed by atoms with Crippen LogP contribution in [0.3, 0.4) is 0 Å². The number of benzene rings is 1. The van der Waals surface area contributed by atoms with Crippen LogP contribution in [-0.2, 0) is 6.54 Å². The lowest BCUT2D eigenvalue weighted by Crippen LogP contribution is -2.28. The number of hydrogen-bond acceptors (Lipinski definition) is 3. The Bertz CT molecular complexity index is 403. The van der Waals surface area contributed by atoms with Gasteiger partial charge in [-0.2, -0.15) is 0 Å². The number of nitrogens with one attached hydrogen (secondary N) is 1. The van der Waals surface area contributed by atoms with Crippen LogP contribution in [0.2, 0.25) is 0 Å². The van der Waals surface area contributed by atoms with Crippen molar-refractivity contribution in [1.29, 1.82) is 5.41 Å². The predicted octanol–water partition coefficient (Wildman–Crippen LogP) is 1.31. The SMILES string of the molecule is CCCN(CCO)Cc1ccc(F)cc1C(=N)N. The summed E-state index contributed by atoms with van der Waals surface area (Å²) in [6.07, 6.45) is 0.969. The largest absolute Gasteiger partial charge is 0.395 e. The smallest absolute Gasteiger partial charge is 0.123 e. The van der Waals surface area contributed by atoms with E-state index >= 15 is 0 Å².